The highest BCUT2D eigenvalue weighted by atomic mass is 16.7. The maximum atomic E-state index is 13.5. The molecule has 1 aliphatic heterocycles. The normalized spacial score (nSPS) is 35.2. The largest absolute Gasteiger partial charge is 0.373 e. The second-order valence-corrected chi connectivity index (χ2v) is 11.5. The molecule has 3 aliphatic rings. The maximum absolute atomic E-state index is 13.5. The molecule has 0 bridgehead atoms. The van der Waals surface area contributed by atoms with Crippen molar-refractivity contribution in [3.8, 4) is 0 Å². The number of carbonyl (C=O) groups is 1. The van der Waals surface area contributed by atoms with Crippen LogP contribution in [0.5, 0.6) is 0 Å². The van der Waals surface area contributed by atoms with E-state index in [4.69, 9.17) is 28.4 Å². The Morgan fingerprint density at radius 2 is 1.45 bits per heavy atom. The van der Waals surface area contributed by atoms with Gasteiger partial charge in [0.25, 0.3) is 0 Å². The lowest BCUT2D eigenvalue weighted by molar-refractivity contribution is -0.249. The van der Waals surface area contributed by atoms with Gasteiger partial charge in [0, 0.05) is 43.8 Å². The van der Waals surface area contributed by atoms with Gasteiger partial charge in [-0.25, -0.2) is 0 Å². The quantitative estimate of drug-likeness (QED) is 0.326. The molecule has 1 saturated heterocycles. The van der Waals surface area contributed by atoms with E-state index in [9.17, 15) is 4.79 Å². The summed E-state index contributed by atoms with van der Waals surface area (Å²) in [6.45, 7) is 7.56. The highest BCUT2D eigenvalue weighted by Crippen LogP contribution is 2.55. The van der Waals surface area contributed by atoms with Crippen LogP contribution in [0, 0.1) is 29.6 Å². The highest BCUT2D eigenvalue weighted by Gasteiger charge is 2.61. The molecule has 0 radical (unpaired) electrons. The zero-order valence-corrected chi connectivity index (χ0v) is 24.1. The minimum Gasteiger partial charge on any atom is -0.373 e. The molecule has 0 N–H and O–H groups in total. The maximum Gasteiger partial charge on any atom is 0.158 e. The molecule has 2 aliphatic carbocycles. The number of Topliss-reactive ketones (excluding diaryl/α,β-unsaturated/α-hetero) is 1. The number of fused-ring (bicyclic) bond motifs is 2. The number of hydrogen-bond donors (Lipinski definition) is 0. The Hall–Kier alpha value is -2.13. The van der Waals surface area contributed by atoms with E-state index in [1.807, 2.05) is 43.3 Å². The van der Waals surface area contributed by atoms with Gasteiger partial charge in [-0.3, -0.25) is 4.79 Å². The van der Waals surface area contributed by atoms with E-state index in [2.05, 4.69) is 31.2 Å². The predicted octanol–water partition coefficient (Wildman–Crippen LogP) is 5.41. The topological polar surface area (TPSA) is 72.5 Å². The van der Waals surface area contributed by atoms with Crippen LogP contribution in [0.1, 0.15) is 44.7 Å². The van der Waals surface area contributed by atoms with Crippen LogP contribution in [0.4, 0.5) is 0 Å². The molecule has 0 aromatic heterocycles. The molecule has 0 spiro atoms. The predicted molar refractivity (Wildman–Crippen MR) is 150 cm³/mol. The summed E-state index contributed by atoms with van der Waals surface area (Å²) in [5.41, 5.74) is 2.22. The van der Waals surface area contributed by atoms with Crippen LogP contribution in [0.15, 0.2) is 60.7 Å². The molecule has 2 aromatic carbocycles. The molecule has 1 heterocycles. The van der Waals surface area contributed by atoms with Crippen LogP contribution in [0.25, 0.3) is 0 Å². The zero-order valence-electron chi connectivity index (χ0n) is 24.1. The van der Waals surface area contributed by atoms with E-state index < -0.39 is 0 Å². The zero-order chi connectivity index (χ0) is 28.1. The molecule has 1 unspecified atom stereocenters. The summed E-state index contributed by atoms with van der Waals surface area (Å²) in [6, 6.07) is 20.4. The van der Waals surface area contributed by atoms with Gasteiger partial charge in [0.2, 0.25) is 0 Å². The number of hydrogen-bond acceptors (Lipinski definition) is 7. The lowest BCUT2D eigenvalue weighted by atomic mass is 9.55. The van der Waals surface area contributed by atoms with Crippen molar-refractivity contribution in [3.05, 3.63) is 71.8 Å². The summed E-state index contributed by atoms with van der Waals surface area (Å²) in [5.74, 6) is 0.0266. The van der Waals surface area contributed by atoms with Gasteiger partial charge in [0.15, 0.2) is 6.29 Å². The van der Waals surface area contributed by atoms with Crippen molar-refractivity contribution < 1.29 is 33.2 Å². The van der Waals surface area contributed by atoms with Crippen LogP contribution in [-0.2, 0) is 46.4 Å². The Kier molecular flexibility index (Phi) is 10.0. The molecule has 218 valence electrons. The van der Waals surface area contributed by atoms with Crippen molar-refractivity contribution >= 4 is 5.78 Å². The summed E-state index contributed by atoms with van der Waals surface area (Å²) in [4.78, 5) is 13.5. The van der Waals surface area contributed by atoms with Gasteiger partial charge in [0.05, 0.1) is 37.6 Å². The van der Waals surface area contributed by atoms with Gasteiger partial charge in [0.1, 0.15) is 12.6 Å². The summed E-state index contributed by atoms with van der Waals surface area (Å²) in [7, 11) is 1.64. The molecule has 2 aromatic rings. The van der Waals surface area contributed by atoms with Gasteiger partial charge >= 0.3 is 0 Å². The van der Waals surface area contributed by atoms with E-state index in [-0.39, 0.29) is 72.9 Å². The number of carbonyl (C=O) groups excluding carboxylic acids is 1. The van der Waals surface area contributed by atoms with E-state index in [1.54, 1.807) is 14.0 Å². The fourth-order valence-corrected chi connectivity index (χ4v) is 7.47. The summed E-state index contributed by atoms with van der Waals surface area (Å²) in [6.07, 6.45) is 0.436. The monoisotopic (exact) mass is 552 g/mol. The van der Waals surface area contributed by atoms with Gasteiger partial charge in [-0.15, -0.1) is 0 Å². The number of benzene rings is 2. The van der Waals surface area contributed by atoms with Crippen LogP contribution in [-0.4, -0.2) is 57.0 Å². The standard InChI is InChI=1S/C33H44O7/c1-5-36-28-17-25-27(40-28)16-26-30(29(25)22(3)34)31(37-18-23-12-8-6-9-13-23)21(2)32(33(26)39-20-35-4)38-19-24-14-10-7-11-15-24/h6-15,21,25-33H,5,16-20H2,1-4H3/t21-,25+,26-,27+,28?,29+,30-,31-,32-,33-/m1/s1. The third kappa shape index (κ3) is 6.35. The molecular formula is C33H44O7. The summed E-state index contributed by atoms with van der Waals surface area (Å²) >= 11 is 0. The first-order chi connectivity index (χ1) is 19.5. The van der Waals surface area contributed by atoms with Crippen LogP contribution >= 0.6 is 0 Å². The van der Waals surface area contributed by atoms with Gasteiger partial charge in [-0.1, -0.05) is 67.6 Å². The molecule has 40 heavy (non-hydrogen) atoms. The number of ketones is 1. The molecule has 3 fully saturated rings. The van der Waals surface area contributed by atoms with Crippen molar-refractivity contribution in [2.75, 3.05) is 20.5 Å². The van der Waals surface area contributed by atoms with Gasteiger partial charge < -0.3 is 28.4 Å². The Balaban J connectivity index is 1.49. The average Bonchev–Trinajstić information content (AvgIpc) is 3.37. The first-order valence-electron chi connectivity index (χ1n) is 14.7. The number of methoxy groups -OCH3 is 1. The molecule has 10 atom stereocenters. The van der Waals surface area contributed by atoms with E-state index in [0.717, 1.165) is 24.0 Å². The van der Waals surface area contributed by atoms with E-state index in [0.29, 0.717) is 19.8 Å². The molecule has 7 nitrogen and oxygen atoms in total. The Labute approximate surface area is 238 Å². The second-order valence-electron chi connectivity index (χ2n) is 11.5. The first kappa shape index (κ1) is 29.4. The Morgan fingerprint density at radius 1 is 0.825 bits per heavy atom. The fourth-order valence-electron chi connectivity index (χ4n) is 7.47. The van der Waals surface area contributed by atoms with Crippen molar-refractivity contribution in [2.24, 2.45) is 29.6 Å². The molecular weight excluding hydrogens is 508 g/mol. The SMILES string of the molecule is CCOC1C[C@@H]2[C@H](C(C)=O)[C@H]3[C@@H](C[C@@H]2O1)[C@@H](OCOC)[C@H](OCc1ccccc1)[C@H](C)[C@H]3OCc1ccccc1. The molecule has 7 heteroatoms. The second kappa shape index (κ2) is 13.7. The fraction of sp³-hybridized carbons (Fsp3) is 0.606. The third-order valence-electron chi connectivity index (χ3n) is 9.08. The van der Waals surface area contributed by atoms with Gasteiger partial charge in [-0.05, 0) is 37.3 Å². The average molecular weight is 553 g/mol. The lowest BCUT2D eigenvalue weighted by Crippen LogP contribution is -2.63. The molecule has 0 amide bonds. The lowest BCUT2D eigenvalue weighted by Gasteiger charge is -2.56. The summed E-state index contributed by atoms with van der Waals surface area (Å²) in [5, 5.41) is 0. The van der Waals surface area contributed by atoms with Crippen LogP contribution in [0.2, 0.25) is 0 Å². The van der Waals surface area contributed by atoms with Crippen LogP contribution < -0.4 is 0 Å². The third-order valence-corrected chi connectivity index (χ3v) is 9.08. The minimum atomic E-state index is -0.286. The van der Waals surface area contributed by atoms with E-state index >= 15 is 0 Å². The number of rotatable bonds is 12. The highest BCUT2D eigenvalue weighted by molar-refractivity contribution is 5.79. The van der Waals surface area contributed by atoms with Crippen molar-refractivity contribution in [3.63, 3.8) is 0 Å². The van der Waals surface area contributed by atoms with Gasteiger partial charge in [-0.2, -0.15) is 0 Å². The summed E-state index contributed by atoms with van der Waals surface area (Å²) < 4.78 is 37.6. The molecule has 5 rings (SSSR count). The Bertz CT molecular complexity index is 1060. The number of ether oxygens (including phenoxy) is 6. The first-order valence-corrected chi connectivity index (χ1v) is 14.7. The van der Waals surface area contributed by atoms with Crippen molar-refractivity contribution in [1.82, 2.24) is 0 Å². The smallest absolute Gasteiger partial charge is 0.158 e. The van der Waals surface area contributed by atoms with Crippen LogP contribution in [0.3, 0.4) is 0 Å². The Morgan fingerprint density at radius 3 is 2.02 bits per heavy atom. The molecule has 2 saturated carbocycles. The van der Waals surface area contributed by atoms with E-state index in [1.165, 1.54) is 0 Å². The van der Waals surface area contributed by atoms with Crippen molar-refractivity contribution in [2.45, 2.75) is 77.5 Å². The van der Waals surface area contributed by atoms with Crippen molar-refractivity contribution in [1.29, 1.82) is 0 Å². The minimum absolute atomic E-state index is 0.00317.